The van der Waals surface area contributed by atoms with Crippen LogP contribution in [0.2, 0.25) is 0 Å². The zero-order chi connectivity index (χ0) is 13.1. The van der Waals surface area contributed by atoms with Crippen molar-refractivity contribution in [2.24, 2.45) is 5.84 Å². The molecule has 0 fully saturated rings. The molecule has 0 spiro atoms. The molecule has 0 saturated carbocycles. The fourth-order valence-corrected chi connectivity index (χ4v) is 3.18. The quantitative estimate of drug-likeness (QED) is 0.661. The van der Waals surface area contributed by atoms with E-state index in [0.29, 0.717) is 0 Å². The third kappa shape index (κ3) is 3.20. The Hall–Kier alpha value is -0.680. The van der Waals surface area contributed by atoms with Crippen LogP contribution in [0.1, 0.15) is 28.3 Å². The fourth-order valence-electron chi connectivity index (χ4n) is 1.95. The Labute approximate surface area is 120 Å². The molecule has 1 unspecified atom stereocenters. The molecule has 1 aromatic heterocycles. The summed E-state index contributed by atoms with van der Waals surface area (Å²) in [5, 5.41) is 2.13. The van der Waals surface area contributed by atoms with Gasteiger partial charge in [-0.25, -0.2) is 0 Å². The van der Waals surface area contributed by atoms with Crippen molar-refractivity contribution in [1.82, 2.24) is 5.43 Å². The topological polar surface area (TPSA) is 38.0 Å². The van der Waals surface area contributed by atoms with Crippen LogP contribution in [0.3, 0.4) is 0 Å². The summed E-state index contributed by atoms with van der Waals surface area (Å²) in [5.41, 5.74) is 8.09. The van der Waals surface area contributed by atoms with Gasteiger partial charge in [0.15, 0.2) is 0 Å². The van der Waals surface area contributed by atoms with Crippen LogP contribution in [0, 0.1) is 13.8 Å². The number of thiophene rings is 1. The summed E-state index contributed by atoms with van der Waals surface area (Å²) in [6, 6.07) is 8.86. The highest BCUT2D eigenvalue weighted by Gasteiger charge is 2.12. The number of hydrogen-bond acceptors (Lipinski definition) is 3. The summed E-state index contributed by atoms with van der Waals surface area (Å²) in [4.78, 5) is 0. The maximum Gasteiger partial charge on any atom is 0.0701 e. The molecule has 0 aliphatic carbocycles. The SMILES string of the molecule is Cc1ccc(CC(NN)c2csc(Br)c2)cc1C. The van der Waals surface area contributed by atoms with Crippen molar-refractivity contribution in [1.29, 1.82) is 0 Å². The summed E-state index contributed by atoms with van der Waals surface area (Å²) >= 11 is 5.17. The molecule has 0 bridgehead atoms. The van der Waals surface area contributed by atoms with Crippen molar-refractivity contribution < 1.29 is 0 Å². The van der Waals surface area contributed by atoms with Gasteiger partial charge in [0, 0.05) is 0 Å². The molecule has 1 aromatic carbocycles. The molecule has 18 heavy (non-hydrogen) atoms. The normalized spacial score (nSPS) is 12.7. The number of halogens is 1. The summed E-state index contributed by atoms with van der Waals surface area (Å²) < 4.78 is 1.14. The highest BCUT2D eigenvalue weighted by atomic mass is 79.9. The molecular formula is C14H17BrN2S. The lowest BCUT2D eigenvalue weighted by Gasteiger charge is -2.15. The lowest BCUT2D eigenvalue weighted by atomic mass is 9.98. The second-order valence-electron chi connectivity index (χ2n) is 4.53. The molecule has 0 aliphatic heterocycles. The Morgan fingerprint density at radius 3 is 2.61 bits per heavy atom. The standard InChI is InChI=1S/C14H17BrN2S/c1-9-3-4-11(5-10(9)2)6-13(17-16)12-7-14(15)18-8-12/h3-5,7-8,13,17H,6,16H2,1-2H3. The summed E-state index contributed by atoms with van der Waals surface area (Å²) in [5.74, 6) is 5.67. The van der Waals surface area contributed by atoms with Gasteiger partial charge in [0.05, 0.1) is 9.83 Å². The molecule has 0 radical (unpaired) electrons. The van der Waals surface area contributed by atoms with Crippen LogP contribution < -0.4 is 11.3 Å². The Balaban J connectivity index is 2.17. The van der Waals surface area contributed by atoms with E-state index in [1.165, 1.54) is 22.3 Å². The first-order valence-corrected chi connectivity index (χ1v) is 7.53. The Kier molecular flexibility index (Phi) is 4.56. The highest BCUT2D eigenvalue weighted by molar-refractivity contribution is 9.11. The molecule has 2 rings (SSSR count). The number of benzene rings is 1. The van der Waals surface area contributed by atoms with E-state index in [1.807, 2.05) is 0 Å². The van der Waals surface area contributed by atoms with Crippen LogP contribution in [-0.2, 0) is 6.42 Å². The number of nitrogens with two attached hydrogens (primary N) is 1. The minimum atomic E-state index is 0.162. The molecule has 96 valence electrons. The molecule has 2 aromatic rings. The predicted molar refractivity (Wildman–Crippen MR) is 81.7 cm³/mol. The maximum atomic E-state index is 5.67. The van der Waals surface area contributed by atoms with E-state index in [0.717, 1.165) is 10.2 Å². The zero-order valence-electron chi connectivity index (χ0n) is 10.5. The van der Waals surface area contributed by atoms with E-state index in [4.69, 9.17) is 5.84 Å². The average molecular weight is 325 g/mol. The molecule has 2 nitrogen and oxygen atoms in total. The number of hydrazine groups is 1. The first kappa shape index (κ1) is 13.7. The second-order valence-corrected chi connectivity index (χ2v) is 6.82. The molecular weight excluding hydrogens is 308 g/mol. The molecule has 1 atom stereocenters. The van der Waals surface area contributed by atoms with E-state index in [9.17, 15) is 0 Å². The fraction of sp³-hybridized carbons (Fsp3) is 0.286. The van der Waals surface area contributed by atoms with Crippen LogP contribution in [0.15, 0.2) is 33.4 Å². The number of nitrogens with one attached hydrogen (secondary N) is 1. The maximum absolute atomic E-state index is 5.67. The van der Waals surface area contributed by atoms with Crippen LogP contribution in [0.4, 0.5) is 0 Å². The lowest BCUT2D eigenvalue weighted by Crippen LogP contribution is -2.29. The highest BCUT2D eigenvalue weighted by Crippen LogP contribution is 2.27. The van der Waals surface area contributed by atoms with Gasteiger partial charge in [-0.15, -0.1) is 11.3 Å². The third-order valence-corrected chi connectivity index (χ3v) is 4.73. The molecule has 4 heteroatoms. The van der Waals surface area contributed by atoms with E-state index >= 15 is 0 Å². The molecule has 0 aliphatic rings. The molecule has 0 amide bonds. The van der Waals surface area contributed by atoms with Gasteiger partial charge < -0.3 is 0 Å². The summed E-state index contributed by atoms with van der Waals surface area (Å²) in [7, 11) is 0. The van der Waals surface area contributed by atoms with Crippen LogP contribution in [-0.4, -0.2) is 0 Å². The van der Waals surface area contributed by atoms with E-state index in [-0.39, 0.29) is 6.04 Å². The third-order valence-electron chi connectivity index (χ3n) is 3.20. The Morgan fingerprint density at radius 1 is 1.28 bits per heavy atom. The minimum absolute atomic E-state index is 0.162. The minimum Gasteiger partial charge on any atom is -0.271 e. The van der Waals surface area contributed by atoms with Gasteiger partial charge in [0.25, 0.3) is 0 Å². The Morgan fingerprint density at radius 2 is 2.06 bits per heavy atom. The Bertz CT molecular complexity index is 536. The van der Waals surface area contributed by atoms with Gasteiger partial charge in [-0.1, -0.05) is 18.2 Å². The molecule has 1 heterocycles. The van der Waals surface area contributed by atoms with Gasteiger partial charge in [-0.2, -0.15) is 0 Å². The number of aryl methyl sites for hydroxylation is 2. The van der Waals surface area contributed by atoms with Crippen molar-refractivity contribution >= 4 is 27.3 Å². The summed E-state index contributed by atoms with van der Waals surface area (Å²) in [6.07, 6.45) is 0.904. The van der Waals surface area contributed by atoms with Gasteiger partial charge in [-0.05, 0) is 69.9 Å². The van der Waals surface area contributed by atoms with Crippen molar-refractivity contribution in [2.75, 3.05) is 0 Å². The van der Waals surface area contributed by atoms with Crippen molar-refractivity contribution in [3.63, 3.8) is 0 Å². The second kappa shape index (κ2) is 5.97. The molecule has 0 saturated heterocycles. The van der Waals surface area contributed by atoms with Crippen LogP contribution in [0.25, 0.3) is 0 Å². The zero-order valence-corrected chi connectivity index (χ0v) is 12.9. The van der Waals surface area contributed by atoms with Crippen molar-refractivity contribution in [2.45, 2.75) is 26.3 Å². The molecule has 3 N–H and O–H groups in total. The smallest absolute Gasteiger partial charge is 0.0701 e. The van der Waals surface area contributed by atoms with E-state index < -0.39 is 0 Å². The lowest BCUT2D eigenvalue weighted by molar-refractivity contribution is 0.553. The van der Waals surface area contributed by atoms with E-state index in [2.05, 4.69) is 64.8 Å². The van der Waals surface area contributed by atoms with Crippen molar-refractivity contribution in [3.05, 3.63) is 55.7 Å². The van der Waals surface area contributed by atoms with Crippen LogP contribution >= 0.6 is 27.3 Å². The monoisotopic (exact) mass is 324 g/mol. The first-order valence-electron chi connectivity index (χ1n) is 5.86. The number of hydrogen-bond donors (Lipinski definition) is 2. The average Bonchev–Trinajstić information content (AvgIpc) is 2.77. The van der Waals surface area contributed by atoms with Gasteiger partial charge in [0.1, 0.15) is 0 Å². The van der Waals surface area contributed by atoms with Crippen LogP contribution in [0.5, 0.6) is 0 Å². The van der Waals surface area contributed by atoms with E-state index in [1.54, 1.807) is 11.3 Å². The van der Waals surface area contributed by atoms with Gasteiger partial charge in [0.2, 0.25) is 0 Å². The number of rotatable bonds is 4. The largest absolute Gasteiger partial charge is 0.271 e. The van der Waals surface area contributed by atoms with Gasteiger partial charge in [-0.3, -0.25) is 11.3 Å². The first-order chi connectivity index (χ1) is 8.60. The predicted octanol–water partition coefficient (Wildman–Crippen LogP) is 3.87. The van der Waals surface area contributed by atoms with Crippen molar-refractivity contribution in [3.8, 4) is 0 Å². The summed E-state index contributed by atoms with van der Waals surface area (Å²) in [6.45, 7) is 4.28. The van der Waals surface area contributed by atoms with Gasteiger partial charge >= 0.3 is 0 Å².